The quantitative estimate of drug-likeness (QED) is 0.342. The summed E-state index contributed by atoms with van der Waals surface area (Å²) in [4.78, 5) is 35.3. The molecule has 2 saturated heterocycles. The average Bonchev–Trinajstić information content (AvgIpc) is 3.70. The van der Waals surface area contributed by atoms with Gasteiger partial charge in [-0.05, 0) is 31.5 Å². The summed E-state index contributed by atoms with van der Waals surface area (Å²) in [7, 11) is 1.68. The fourth-order valence-corrected chi connectivity index (χ4v) is 6.31. The first-order chi connectivity index (χ1) is 19.5. The molecule has 1 N–H and O–H groups in total. The Labute approximate surface area is 235 Å². The molecule has 4 aromatic rings. The van der Waals surface area contributed by atoms with Crippen molar-refractivity contribution in [1.29, 1.82) is 0 Å². The number of amides is 2. The van der Waals surface area contributed by atoms with Crippen LogP contribution >= 0.6 is 11.3 Å². The molecule has 0 aliphatic carbocycles. The Kier molecular flexibility index (Phi) is 7.70. The number of carbonyl (C=O) groups is 2. The smallest absolute Gasteiger partial charge is 0.264 e. The van der Waals surface area contributed by atoms with E-state index in [1.807, 2.05) is 23.1 Å². The number of benzene rings is 1. The molecule has 0 saturated carbocycles. The molecule has 2 aliphatic heterocycles. The van der Waals surface area contributed by atoms with Gasteiger partial charge in [-0.15, -0.1) is 11.3 Å². The van der Waals surface area contributed by atoms with Gasteiger partial charge in [0.25, 0.3) is 11.8 Å². The van der Waals surface area contributed by atoms with Crippen LogP contribution in [0.4, 0.5) is 0 Å². The van der Waals surface area contributed by atoms with Gasteiger partial charge in [0, 0.05) is 70.1 Å². The van der Waals surface area contributed by atoms with E-state index in [-0.39, 0.29) is 17.9 Å². The van der Waals surface area contributed by atoms with Crippen LogP contribution in [0.25, 0.3) is 21.2 Å². The number of aryl methyl sites for hydroxylation is 1. The number of nitrogens with zero attached hydrogens (tertiary/aromatic N) is 3. The molecular weight excluding hydrogens is 532 g/mol. The molecule has 0 unspecified atom stereocenters. The van der Waals surface area contributed by atoms with Crippen molar-refractivity contribution in [3.8, 4) is 11.5 Å². The van der Waals surface area contributed by atoms with Gasteiger partial charge in [0.2, 0.25) is 0 Å². The minimum Gasteiger partial charge on any atom is -0.460 e. The number of furan rings is 1. The predicted molar refractivity (Wildman–Crippen MR) is 152 cm³/mol. The van der Waals surface area contributed by atoms with Gasteiger partial charge in [-0.25, -0.2) is 0 Å². The van der Waals surface area contributed by atoms with Gasteiger partial charge in [0.05, 0.1) is 40.0 Å². The van der Waals surface area contributed by atoms with Gasteiger partial charge in [-0.3, -0.25) is 19.5 Å². The lowest BCUT2D eigenvalue weighted by Gasteiger charge is -2.26. The maximum atomic E-state index is 13.1. The van der Waals surface area contributed by atoms with Crippen molar-refractivity contribution in [2.45, 2.75) is 19.4 Å². The molecule has 6 rings (SSSR count). The normalized spacial score (nSPS) is 18.1. The van der Waals surface area contributed by atoms with Crippen LogP contribution in [-0.2, 0) is 9.47 Å². The standard InChI is InChI=1S/C29H32N4O6S/c1-18-26(28(34)31-8-10-32-11-13-37-14-12-32)21-4-3-19(15-24(21)38-18)39-23-5-7-30-22-16-25(40-27(22)23)29(35)33-9-6-20(17-33)36-2/h3-5,7,15-16,20H,6,8-14,17H2,1-2H3,(H,31,34)/t20-/m1/s1. The Morgan fingerprint density at radius 2 is 2.02 bits per heavy atom. The van der Waals surface area contributed by atoms with Crippen molar-refractivity contribution in [1.82, 2.24) is 20.1 Å². The zero-order chi connectivity index (χ0) is 27.6. The summed E-state index contributed by atoms with van der Waals surface area (Å²) in [5, 5.41) is 3.75. The predicted octanol–water partition coefficient (Wildman–Crippen LogP) is 4.07. The number of carbonyl (C=O) groups excluding carboxylic acids is 2. The molecule has 3 aromatic heterocycles. The third-order valence-corrected chi connectivity index (χ3v) is 8.59. The van der Waals surface area contributed by atoms with Crippen molar-refractivity contribution in [2.75, 3.05) is 59.6 Å². The second-order valence-electron chi connectivity index (χ2n) is 10.0. The number of nitrogens with one attached hydrogen (secondary N) is 1. The number of ether oxygens (including phenoxy) is 3. The fourth-order valence-electron chi connectivity index (χ4n) is 5.27. The van der Waals surface area contributed by atoms with Crippen molar-refractivity contribution < 1.29 is 28.2 Å². The second kappa shape index (κ2) is 11.5. The third-order valence-electron chi connectivity index (χ3n) is 7.46. The monoisotopic (exact) mass is 564 g/mol. The lowest BCUT2D eigenvalue weighted by molar-refractivity contribution is 0.0383. The number of thiophene rings is 1. The van der Waals surface area contributed by atoms with Crippen molar-refractivity contribution >= 4 is 44.3 Å². The molecule has 2 fully saturated rings. The molecular formula is C29H32N4O6S. The highest BCUT2D eigenvalue weighted by Crippen LogP contribution is 2.37. The third kappa shape index (κ3) is 5.42. The molecule has 1 atom stereocenters. The van der Waals surface area contributed by atoms with Gasteiger partial charge in [-0.2, -0.15) is 0 Å². The number of methoxy groups -OCH3 is 1. The van der Waals surface area contributed by atoms with Gasteiger partial charge in [0.15, 0.2) is 0 Å². The average molecular weight is 565 g/mol. The topological polar surface area (TPSA) is 106 Å². The van der Waals surface area contributed by atoms with E-state index < -0.39 is 0 Å². The van der Waals surface area contributed by atoms with E-state index in [1.165, 1.54) is 11.3 Å². The van der Waals surface area contributed by atoms with Gasteiger partial charge in [-0.1, -0.05) is 0 Å². The summed E-state index contributed by atoms with van der Waals surface area (Å²) in [6.07, 6.45) is 2.59. The molecule has 210 valence electrons. The number of rotatable bonds is 8. The fraction of sp³-hybridized carbons (Fsp3) is 0.414. The minimum atomic E-state index is -0.153. The van der Waals surface area contributed by atoms with Crippen LogP contribution in [-0.4, -0.2) is 92.3 Å². The Bertz CT molecular complexity index is 1540. The largest absolute Gasteiger partial charge is 0.460 e. The summed E-state index contributed by atoms with van der Waals surface area (Å²) in [6, 6.07) is 9.06. The highest BCUT2D eigenvalue weighted by atomic mass is 32.1. The summed E-state index contributed by atoms with van der Waals surface area (Å²) in [5.41, 5.74) is 1.82. The van der Waals surface area contributed by atoms with Gasteiger partial charge in [0.1, 0.15) is 22.8 Å². The van der Waals surface area contributed by atoms with Gasteiger partial charge < -0.3 is 28.8 Å². The number of pyridine rings is 1. The van der Waals surface area contributed by atoms with Crippen LogP contribution in [0, 0.1) is 6.92 Å². The maximum Gasteiger partial charge on any atom is 0.264 e. The summed E-state index contributed by atoms with van der Waals surface area (Å²) >= 11 is 1.37. The lowest BCUT2D eigenvalue weighted by atomic mass is 10.1. The molecule has 0 radical (unpaired) electrons. The first-order valence-corrected chi connectivity index (χ1v) is 14.3. The van der Waals surface area contributed by atoms with Crippen molar-refractivity contribution in [3.05, 3.63) is 52.7 Å². The van der Waals surface area contributed by atoms with E-state index in [1.54, 1.807) is 32.4 Å². The van der Waals surface area contributed by atoms with Crippen LogP contribution in [0.2, 0.25) is 0 Å². The number of morpholine rings is 1. The number of hydrogen-bond donors (Lipinski definition) is 1. The summed E-state index contributed by atoms with van der Waals surface area (Å²) in [5.74, 6) is 1.56. The SMILES string of the molecule is CO[C@@H]1CCN(C(=O)c2cc3nccc(Oc4ccc5c(C(=O)NCCN6CCOCC6)c(C)oc5c4)c3s2)C1. The highest BCUT2D eigenvalue weighted by Gasteiger charge is 2.28. The Hall–Kier alpha value is -3.51. The number of likely N-dealkylation sites (tertiary alicyclic amines) is 1. The zero-order valence-electron chi connectivity index (χ0n) is 22.6. The summed E-state index contributed by atoms with van der Waals surface area (Å²) in [6.45, 7) is 7.63. The molecule has 0 spiro atoms. The molecule has 1 aromatic carbocycles. The summed E-state index contributed by atoms with van der Waals surface area (Å²) < 4.78 is 23.8. The van der Waals surface area contributed by atoms with Crippen molar-refractivity contribution in [2.24, 2.45) is 0 Å². The van der Waals surface area contributed by atoms with Gasteiger partial charge >= 0.3 is 0 Å². The van der Waals surface area contributed by atoms with Crippen LogP contribution in [0.15, 0.2) is 40.9 Å². The van der Waals surface area contributed by atoms with E-state index in [2.05, 4.69) is 15.2 Å². The minimum absolute atomic E-state index is 0.0169. The first kappa shape index (κ1) is 26.7. The van der Waals surface area contributed by atoms with E-state index in [0.29, 0.717) is 58.4 Å². The van der Waals surface area contributed by atoms with E-state index in [0.717, 1.165) is 49.4 Å². The first-order valence-electron chi connectivity index (χ1n) is 13.5. The van der Waals surface area contributed by atoms with E-state index >= 15 is 0 Å². The molecule has 2 amide bonds. The zero-order valence-corrected chi connectivity index (χ0v) is 23.4. The van der Waals surface area contributed by atoms with E-state index in [4.69, 9.17) is 18.6 Å². The Morgan fingerprint density at radius 3 is 2.83 bits per heavy atom. The lowest BCUT2D eigenvalue weighted by Crippen LogP contribution is -2.41. The number of aromatic nitrogens is 1. The molecule has 0 bridgehead atoms. The maximum absolute atomic E-state index is 13.1. The number of hydrogen-bond acceptors (Lipinski definition) is 9. The van der Waals surface area contributed by atoms with E-state index in [9.17, 15) is 9.59 Å². The Morgan fingerprint density at radius 1 is 1.18 bits per heavy atom. The number of fused-ring (bicyclic) bond motifs is 2. The molecule has 5 heterocycles. The Balaban J connectivity index is 1.17. The molecule has 10 nitrogen and oxygen atoms in total. The van der Waals surface area contributed by atoms with Crippen LogP contribution in [0.5, 0.6) is 11.5 Å². The van der Waals surface area contributed by atoms with Crippen LogP contribution in [0.1, 0.15) is 32.2 Å². The molecule has 40 heavy (non-hydrogen) atoms. The highest BCUT2D eigenvalue weighted by molar-refractivity contribution is 7.21. The van der Waals surface area contributed by atoms with Crippen LogP contribution < -0.4 is 10.1 Å². The second-order valence-corrected chi connectivity index (χ2v) is 11.1. The van der Waals surface area contributed by atoms with Crippen molar-refractivity contribution in [3.63, 3.8) is 0 Å². The molecule has 2 aliphatic rings. The van der Waals surface area contributed by atoms with Crippen LogP contribution in [0.3, 0.4) is 0 Å². The molecule has 11 heteroatoms.